The molecule has 0 saturated heterocycles. The topological polar surface area (TPSA) is 0 Å². The van der Waals surface area contributed by atoms with Crippen molar-refractivity contribution in [2.45, 2.75) is 5.92 Å². The lowest BCUT2D eigenvalue weighted by Crippen LogP contribution is -2.05. The van der Waals surface area contributed by atoms with Crippen LogP contribution in [-0.2, 0) is 0 Å². The SMILES string of the molecule is c1ccc2c(-c3ccc(C(c4ccc(-c5c6ccccc6cc6ccccc56)cc4)c4cc5ccccc5c5ccccc45)cc3)c3ccccc3cc2c1. The third-order valence-electron chi connectivity index (χ3n) is 11.7. The summed E-state index contributed by atoms with van der Waals surface area (Å²) in [4.78, 5) is 0. The Labute approximate surface area is 320 Å². The number of rotatable bonds is 5. The Bertz CT molecular complexity index is 2970. The summed E-state index contributed by atoms with van der Waals surface area (Å²) in [7, 11) is 0. The predicted molar refractivity (Wildman–Crippen MR) is 236 cm³/mol. The van der Waals surface area contributed by atoms with Crippen molar-refractivity contribution < 1.29 is 0 Å². The molecular weight excluding hydrogens is 661 g/mol. The van der Waals surface area contributed by atoms with Gasteiger partial charge in [-0.1, -0.05) is 194 Å². The number of fused-ring (bicyclic) bond motifs is 7. The Hall–Kier alpha value is -7.02. The van der Waals surface area contributed by atoms with Gasteiger partial charge in [-0.25, -0.2) is 0 Å². The second-order valence-corrected chi connectivity index (χ2v) is 14.8. The molecule has 11 rings (SSSR count). The molecule has 0 N–H and O–H groups in total. The molecule has 0 aromatic heterocycles. The molecule has 0 heterocycles. The number of benzene rings is 11. The molecule has 0 aliphatic heterocycles. The van der Waals surface area contributed by atoms with E-state index < -0.39 is 0 Å². The molecular formula is C55H36. The zero-order chi connectivity index (χ0) is 36.3. The van der Waals surface area contributed by atoms with Crippen LogP contribution in [0.1, 0.15) is 22.6 Å². The highest BCUT2D eigenvalue weighted by molar-refractivity contribution is 6.14. The molecule has 0 unspecified atom stereocenters. The molecule has 256 valence electrons. The summed E-state index contributed by atoms with van der Waals surface area (Å²) in [6.07, 6.45) is 0. The van der Waals surface area contributed by atoms with E-state index in [0.29, 0.717) is 0 Å². The monoisotopic (exact) mass is 696 g/mol. The molecule has 0 atom stereocenters. The van der Waals surface area contributed by atoms with Gasteiger partial charge in [0.2, 0.25) is 0 Å². The lowest BCUT2D eigenvalue weighted by molar-refractivity contribution is 0.992. The van der Waals surface area contributed by atoms with Gasteiger partial charge in [0, 0.05) is 5.92 Å². The number of hydrogen-bond acceptors (Lipinski definition) is 0. The van der Waals surface area contributed by atoms with Crippen molar-refractivity contribution in [3.05, 3.63) is 229 Å². The van der Waals surface area contributed by atoms with Crippen LogP contribution in [0.5, 0.6) is 0 Å². The van der Waals surface area contributed by atoms with Gasteiger partial charge in [0.15, 0.2) is 0 Å². The minimum atomic E-state index is 0.0196. The largest absolute Gasteiger partial charge is 0.0616 e. The lowest BCUT2D eigenvalue weighted by Gasteiger charge is -2.23. The third kappa shape index (κ3) is 5.22. The molecule has 0 amide bonds. The Balaban J connectivity index is 1.12. The first-order valence-corrected chi connectivity index (χ1v) is 19.2. The summed E-state index contributed by atoms with van der Waals surface area (Å²) >= 11 is 0. The van der Waals surface area contributed by atoms with Crippen LogP contribution in [0.3, 0.4) is 0 Å². The van der Waals surface area contributed by atoms with Crippen LogP contribution in [0.2, 0.25) is 0 Å². The molecule has 0 nitrogen and oxygen atoms in total. The van der Waals surface area contributed by atoms with Crippen LogP contribution >= 0.6 is 0 Å². The van der Waals surface area contributed by atoms with Crippen molar-refractivity contribution in [1.29, 1.82) is 0 Å². The lowest BCUT2D eigenvalue weighted by atomic mass is 9.80. The van der Waals surface area contributed by atoms with E-state index in [1.807, 2.05) is 0 Å². The van der Waals surface area contributed by atoms with Crippen LogP contribution in [-0.4, -0.2) is 0 Å². The highest BCUT2D eigenvalue weighted by Crippen LogP contribution is 2.43. The number of hydrogen-bond donors (Lipinski definition) is 0. The summed E-state index contributed by atoms with van der Waals surface area (Å²) in [6.45, 7) is 0. The maximum atomic E-state index is 2.43. The van der Waals surface area contributed by atoms with Gasteiger partial charge in [0.25, 0.3) is 0 Å². The van der Waals surface area contributed by atoms with Gasteiger partial charge in [-0.3, -0.25) is 0 Å². The first kappa shape index (κ1) is 31.5. The first-order valence-electron chi connectivity index (χ1n) is 19.2. The molecule has 11 aromatic carbocycles. The van der Waals surface area contributed by atoms with E-state index in [4.69, 9.17) is 0 Å². The molecule has 0 fully saturated rings. The molecule has 11 aromatic rings. The molecule has 0 aliphatic carbocycles. The molecule has 0 saturated carbocycles. The molecule has 0 heteroatoms. The quantitative estimate of drug-likeness (QED) is 0.0955. The second kappa shape index (κ2) is 12.8. The van der Waals surface area contributed by atoms with Crippen LogP contribution in [0, 0.1) is 0 Å². The minimum Gasteiger partial charge on any atom is -0.0616 e. The van der Waals surface area contributed by atoms with E-state index in [1.54, 1.807) is 0 Å². The van der Waals surface area contributed by atoms with E-state index in [-0.39, 0.29) is 5.92 Å². The van der Waals surface area contributed by atoms with E-state index in [1.165, 1.54) is 104 Å². The summed E-state index contributed by atoms with van der Waals surface area (Å²) in [5.41, 5.74) is 8.92. The zero-order valence-corrected chi connectivity index (χ0v) is 30.3. The van der Waals surface area contributed by atoms with E-state index in [2.05, 4.69) is 212 Å². The van der Waals surface area contributed by atoms with Crippen molar-refractivity contribution in [2.24, 2.45) is 0 Å². The van der Waals surface area contributed by atoms with E-state index in [9.17, 15) is 0 Å². The summed E-state index contributed by atoms with van der Waals surface area (Å²) in [5, 5.41) is 15.3. The fourth-order valence-corrected chi connectivity index (χ4v) is 9.21. The van der Waals surface area contributed by atoms with Gasteiger partial charge in [-0.05, 0) is 122 Å². The fourth-order valence-electron chi connectivity index (χ4n) is 9.21. The van der Waals surface area contributed by atoms with Crippen molar-refractivity contribution in [2.75, 3.05) is 0 Å². The normalized spacial score (nSPS) is 11.8. The van der Waals surface area contributed by atoms with Crippen molar-refractivity contribution in [3.63, 3.8) is 0 Å². The maximum absolute atomic E-state index is 2.43. The fraction of sp³-hybridized carbons (Fsp3) is 0.0182. The van der Waals surface area contributed by atoms with Gasteiger partial charge < -0.3 is 0 Å². The molecule has 0 spiro atoms. The highest BCUT2D eigenvalue weighted by Gasteiger charge is 2.22. The Morgan fingerprint density at radius 3 is 0.945 bits per heavy atom. The van der Waals surface area contributed by atoms with Crippen molar-refractivity contribution >= 4 is 64.6 Å². The van der Waals surface area contributed by atoms with Crippen LogP contribution in [0.4, 0.5) is 0 Å². The van der Waals surface area contributed by atoms with Gasteiger partial charge in [-0.15, -0.1) is 0 Å². The smallest absolute Gasteiger partial charge is 0.0346 e. The van der Waals surface area contributed by atoms with Crippen LogP contribution in [0.25, 0.3) is 86.9 Å². The van der Waals surface area contributed by atoms with Crippen molar-refractivity contribution in [1.82, 2.24) is 0 Å². The molecule has 55 heavy (non-hydrogen) atoms. The molecule has 0 bridgehead atoms. The zero-order valence-electron chi connectivity index (χ0n) is 30.3. The van der Waals surface area contributed by atoms with E-state index >= 15 is 0 Å². The molecule has 0 aliphatic rings. The van der Waals surface area contributed by atoms with Gasteiger partial charge in [0.05, 0.1) is 0 Å². The standard InChI is InChI=1S/C55H36/c1-6-18-45-44(17-1)35-52(51-24-12-11-23-50(45)51)53(36-25-29-38(30-26-36)54-46-19-7-2-13-40(46)33-41-14-3-8-20-47(41)54)37-27-31-39(32-28-37)55-48-21-9-4-15-42(48)34-43-16-5-10-22-49(43)55/h1-35,53H. The minimum absolute atomic E-state index is 0.0196. The van der Waals surface area contributed by atoms with Gasteiger partial charge in [0.1, 0.15) is 0 Å². The highest BCUT2D eigenvalue weighted by atomic mass is 14.3. The predicted octanol–water partition coefficient (Wildman–Crippen LogP) is 15.1. The third-order valence-corrected chi connectivity index (χ3v) is 11.7. The second-order valence-electron chi connectivity index (χ2n) is 14.8. The Morgan fingerprint density at radius 2 is 0.545 bits per heavy atom. The Morgan fingerprint density at radius 1 is 0.236 bits per heavy atom. The maximum Gasteiger partial charge on any atom is 0.0346 e. The molecule has 0 radical (unpaired) electrons. The summed E-state index contributed by atoms with van der Waals surface area (Å²) < 4.78 is 0. The summed E-state index contributed by atoms with van der Waals surface area (Å²) in [5.74, 6) is 0.0196. The average Bonchev–Trinajstić information content (AvgIpc) is 3.25. The van der Waals surface area contributed by atoms with Gasteiger partial charge in [-0.2, -0.15) is 0 Å². The van der Waals surface area contributed by atoms with E-state index in [0.717, 1.165) is 0 Å². The average molecular weight is 697 g/mol. The van der Waals surface area contributed by atoms with Crippen LogP contribution < -0.4 is 0 Å². The first-order chi connectivity index (χ1) is 27.3. The van der Waals surface area contributed by atoms with Crippen molar-refractivity contribution in [3.8, 4) is 22.3 Å². The van der Waals surface area contributed by atoms with Crippen LogP contribution in [0.15, 0.2) is 212 Å². The van der Waals surface area contributed by atoms with Gasteiger partial charge >= 0.3 is 0 Å². The Kier molecular flexibility index (Phi) is 7.35. The summed E-state index contributed by atoms with van der Waals surface area (Å²) in [6, 6.07) is 78.8.